The summed E-state index contributed by atoms with van der Waals surface area (Å²) < 4.78 is 5.55. The zero-order valence-corrected chi connectivity index (χ0v) is 9.51. The zero-order valence-electron chi connectivity index (χ0n) is 9.51. The summed E-state index contributed by atoms with van der Waals surface area (Å²) in [6, 6.07) is 0. The third-order valence-corrected chi connectivity index (χ3v) is 3.99. The molecule has 2 atom stereocenters. The van der Waals surface area contributed by atoms with E-state index in [9.17, 15) is 0 Å². The first-order chi connectivity index (χ1) is 6.79. The van der Waals surface area contributed by atoms with Gasteiger partial charge in [-0.25, -0.2) is 0 Å². The van der Waals surface area contributed by atoms with E-state index in [1.54, 1.807) is 11.1 Å². The van der Waals surface area contributed by atoms with Crippen LogP contribution < -0.4 is 0 Å². The Kier molecular flexibility index (Phi) is 3.27. The number of hydrogen-bond acceptors (Lipinski definition) is 1. The minimum Gasteiger partial charge on any atom is -0.381 e. The van der Waals surface area contributed by atoms with E-state index in [4.69, 9.17) is 4.74 Å². The van der Waals surface area contributed by atoms with E-state index in [-0.39, 0.29) is 0 Å². The van der Waals surface area contributed by atoms with Crippen molar-refractivity contribution >= 4 is 0 Å². The van der Waals surface area contributed by atoms with Crippen LogP contribution in [0.2, 0.25) is 0 Å². The zero-order chi connectivity index (χ0) is 9.97. The Morgan fingerprint density at radius 3 is 2.64 bits per heavy atom. The average Bonchev–Trinajstić information content (AvgIpc) is 2.46. The van der Waals surface area contributed by atoms with Crippen LogP contribution >= 0.6 is 0 Å². The molecule has 0 aromatic heterocycles. The Balaban J connectivity index is 2.13. The van der Waals surface area contributed by atoms with Crippen LogP contribution in [0, 0.1) is 11.8 Å². The molecule has 1 heteroatoms. The second kappa shape index (κ2) is 4.48. The van der Waals surface area contributed by atoms with Crippen LogP contribution in [-0.4, -0.2) is 13.2 Å². The molecule has 1 saturated carbocycles. The molecule has 0 aromatic rings. The highest BCUT2D eigenvalue weighted by molar-refractivity contribution is 5.18. The number of hydrogen-bond donors (Lipinski definition) is 0. The Bertz CT molecular complexity index is 229. The Hall–Kier alpha value is -0.300. The maximum Gasteiger partial charge on any atom is 0.0503 e. The van der Waals surface area contributed by atoms with Gasteiger partial charge >= 0.3 is 0 Å². The fraction of sp³-hybridized carbons (Fsp3) is 0.846. The summed E-state index contributed by atoms with van der Waals surface area (Å²) in [7, 11) is 0. The summed E-state index contributed by atoms with van der Waals surface area (Å²) in [6.45, 7) is 6.63. The van der Waals surface area contributed by atoms with Gasteiger partial charge in [0.25, 0.3) is 0 Å². The molecule has 1 heterocycles. The van der Waals surface area contributed by atoms with Gasteiger partial charge in [0.1, 0.15) is 0 Å². The van der Waals surface area contributed by atoms with Gasteiger partial charge in [-0.15, -0.1) is 0 Å². The Labute approximate surface area is 87.5 Å². The SMILES string of the molecule is CC1=C([C@@H]2CCC[C@H]2C)CCOCC1. The molecule has 1 nitrogen and oxygen atoms in total. The molecule has 80 valence electrons. The first-order valence-corrected chi connectivity index (χ1v) is 6.05. The fourth-order valence-electron chi connectivity index (χ4n) is 3.05. The highest BCUT2D eigenvalue weighted by Gasteiger charge is 2.28. The van der Waals surface area contributed by atoms with Crippen LogP contribution in [0.1, 0.15) is 46.0 Å². The lowest BCUT2D eigenvalue weighted by Gasteiger charge is -2.20. The molecule has 1 aliphatic heterocycles. The summed E-state index contributed by atoms with van der Waals surface area (Å²) in [5.74, 6) is 1.80. The maximum atomic E-state index is 5.55. The van der Waals surface area contributed by atoms with E-state index < -0.39 is 0 Å². The summed E-state index contributed by atoms with van der Waals surface area (Å²) in [6.07, 6.45) is 6.65. The van der Waals surface area contributed by atoms with Crippen molar-refractivity contribution in [3.8, 4) is 0 Å². The molecule has 0 bridgehead atoms. The van der Waals surface area contributed by atoms with Gasteiger partial charge in [-0.3, -0.25) is 0 Å². The van der Waals surface area contributed by atoms with Gasteiger partial charge < -0.3 is 4.74 Å². The van der Waals surface area contributed by atoms with Crippen molar-refractivity contribution in [1.82, 2.24) is 0 Å². The molecular formula is C13H22O. The molecule has 0 radical (unpaired) electrons. The lowest BCUT2D eigenvalue weighted by Crippen LogP contribution is -2.10. The summed E-state index contributed by atoms with van der Waals surface area (Å²) >= 11 is 0. The minimum absolute atomic E-state index is 0.886. The molecule has 14 heavy (non-hydrogen) atoms. The summed E-state index contributed by atoms with van der Waals surface area (Å²) in [5.41, 5.74) is 3.37. The molecular weight excluding hydrogens is 172 g/mol. The second-order valence-electron chi connectivity index (χ2n) is 4.93. The van der Waals surface area contributed by atoms with Gasteiger partial charge in [0, 0.05) is 0 Å². The van der Waals surface area contributed by atoms with Crippen LogP contribution in [0.4, 0.5) is 0 Å². The van der Waals surface area contributed by atoms with Gasteiger partial charge in [0.2, 0.25) is 0 Å². The van der Waals surface area contributed by atoms with Crippen molar-refractivity contribution in [3.63, 3.8) is 0 Å². The quantitative estimate of drug-likeness (QED) is 0.580. The number of ether oxygens (including phenoxy) is 1. The van der Waals surface area contributed by atoms with E-state index in [0.29, 0.717) is 0 Å². The highest BCUT2D eigenvalue weighted by Crippen LogP contribution is 2.39. The molecule has 0 unspecified atom stereocenters. The molecule has 1 fully saturated rings. The molecule has 0 N–H and O–H groups in total. The predicted molar refractivity (Wildman–Crippen MR) is 59.3 cm³/mol. The summed E-state index contributed by atoms with van der Waals surface area (Å²) in [5, 5.41) is 0. The first-order valence-electron chi connectivity index (χ1n) is 6.05. The van der Waals surface area contributed by atoms with Gasteiger partial charge in [-0.05, 0) is 38.0 Å². The fourth-order valence-corrected chi connectivity index (χ4v) is 3.05. The molecule has 0 aromatic carbocycles. The van der Waals surface area contributed by atoms with Crippen molar-refractivity contribution in [2.24, 2.45) is 11.8 Å². The largest absolute Gasteiger partial charge is 0.381 e. The Morgan fingerprint density at radius 2 is 1.93 bits per heavy atom. The summed E-state index contributed by atoms with van der Waals surface area (Å²) in [4.78, 5) is 0. The molecule has 0 saturated heterocycles. The third-order valence-electron chi connectivity index (χ3n) is 3.99. The smallest absolute Gasteiger partial charge is 0.0503 e. The topological polar surface area (TPSA) is 9.23 Å². The Morgan fingerprint density at radius 1 is 1.14 bits per heavy atom. The van der Waals surface area contributed by atoms with Crippen molar-refractivity contribution in [2.45, 2.75) is 46.0 Å². The standard InChI is InChI=1S/C13H22O/c1-10-4-3-5-12(10)13-7-9-14-8-6-11(13)2/h10,12H,3-9H2,1-2H3/t10-,12-/m1/s1. The number of rotatable bonds is 1. The van der Waals surface area contributed by atoms with E-state index in [0.717, 1.165) is 25.0 Å². The van der Waals surface area contributed by atoms with E-state index in [1.165, 1.54) is 32.1 Å². The normalized spacial score (nSPS) is 34.7. The van der Waals surface area contributed by atoms with Crippen LogP contribution in [0.3, 0.4) is 0 Å². The first kappa shape index (κ1) is 10.2. The molecule has 2 rings (SSSR count). The molecule has 0 amide bonds. The van der Waals surface area contributed by atoms with Gasteiger partial charge in [-0.2, -0.15) is 0 Å². The van der Waals surface area contributed by atoms with E-state index in [2.05, 4.69) is 13.8 Å². The van der Waals surface area contributed by atoms with E-state index in [1.807, 2.05) is 0 Å². The van der Waals surface area contributed by atoms with Crippen LogP contribution in [0.15, 0.2) is 11.1 Å². The monoisotopic (exact) mass is 194 g/mol. The van der Waals surface area contributed by atoms with Crippen molar-refractivity contribution in [1.29, 1.82) is 0 Å². The van der Waals surface area contributed by atoms with Crippen LogP contribution in [-0.2, 0) is 4.74 Å². The molecule has 2 aliphatic rings. The van der Waals surface area contributed by atoms with Crippen molar-refractivity contribution in [3.05, 3.63) is 11.1 Å². The van der Waals surface area contributed by atoms with Gasteiger partial charge in [-0.1, -0.05) is 30.9 Å². The van der Waals surface area contributed by atoms with Gasteiger partial charge in [0.15, 0.2) is 0 Å². The lowest BCUT2D eigenvalue weighted by molar-refractivity contribution is 0.144. The molecule has 1 aliphatic carbocycles. The van der Waals surface area contributed by atoms with Crippen molar-refractivity contribution in [2.75, 3.05) is 13.2 Å². The van der Waals surface area contributed by atoms with Gasteiger partial charge in [0.05, 0.1) is 13.2 Å². The van der Waals surface area contributed by atoms with Crippen molar-refractivity contribution < 1.29 is 4.74 Å². The average molecular weight is 194 g/mol. The lowest BCUT2D eigenvalue weighted by atomic mass is 9.85. The molecule has 0 spiro atoms. The third kappa shape index (κ3) is 2.03. The predicted octanol–water partition coefficient (Wildman–Crippen LogP) is 3.55. The van der Waals surface area contributed by atoms with E-state index >= 15 is 0 Å². The highest BCUT2D eigenvalue weighted by atomic mass is 16.5. The van der Waals surface area contributed by atoms with Crippen LogP contribution in [0.5, 0.6) is 0 Å². The maximum absolute atomic E-state index is 5.55. The second-order valence-corrected chi connectivity index (χ2v) is 4.93. The van der Waals surface area contributed by atoms with Crippen LogP contribution in [0.25, 0.3) is 0 Å². The minimum atomic E-state index is 0.886.